The van der Waals surface area contributed by atoms with Gasteiger partial charge in [-0.1, -0.05) is 97.7 Å². The average Bonchev–Trinajstić information content (AvgIpc) is 3.03. The van der Waals surface area contributed by atoms with Gasteiger partial charge in [-0.3, -0.25) is 13.9 Å². The summed E-state index contributed by atoms with van der Waals surface area (Å²) in [7, 11) is -4.18. The number of benzene rings is 4. The molecule has 9 heteroatoms. The Morgan fingerprint density at radius 3 is 2.09 bits per heavy atom. The van der Waals surface area contributed by atoms with Gasteiger partial charge in [0.2, 0.25) is 11.8 Å². The van der Waals surface area contributed by atoms with Gasteiger partial charge in [0.25, 0.3) is 10.0 Å². The fourth-order valence-corrected chi connectivity index (χ4v) is 6.43. The third-order valence-corrected chi connectivity index (χ3v) is 9.47. The molecular formula is C35H38ClN3O4S. The second-order valence-corrected chi connectivity index (χ2v) is 12.9. The van der Waals surface area contributed by atoms with Crippen molar-refractivity contribution in [3.05, 3.63) is 131 Å². The zero-order chi connectivity index (χ0) is 31.5. The van der Waals surface area contributed by atoms with E-state index in [2.05, 4.69) is 5.32 Å². The van der Waals surface area contributed by atoms with Crippen molar-refractivity contribution >= 4 is 39.1 Å². The summed E-state index contributed by atoms with van der Waals surface area (Å²) in [5.74, 6) is -0.780. The predicted octanol–water partition coefficient (Wildman–Crippen LogP) is 6.40. The number of unbranched alkanes of at least 4 members (excludes halogenated alkanes) is 1. The largest absolute Gasteiger partial charge is 0.354 e. The number of nitrogens with one attached hydrogen (secondary N) is 1. The quantitative estimate of drug-likeness (QED) is 0.163. The summed E-state index contributed by atoms with van der Waals surface area (Å²) in [4.78, 5) is 29.8. The van der Waals surface area contributed by atoms with E-state index in [4.69, 9.17) is 11.6 Å². The Balaban J connectivity index is 1.78. The molecule has 0 fully saturated rings. The topological polar surface area (TPSA) is 86.8 Å². The van der Waals surface area contributed by atoms with Crippen LogP contribution in [0.3, 0.4) is 0 Å². The van der Waals surface area contributed by atoms with Crippen LogP contribution in [0.5, 0.6) is 0 Å². The number of sulfonamides is 1. The van der Waals surface area contributed by atoms with E-state index in [9.17, 15) is 18.0 Å². The van der Waals surface area contributed by atoms with Crippen molar-refractivity contribution in [3.8, 4) is 0 Å². The number of hydrogen-bond donors (Lipinski definition) is 1. The highest BCUT2D eigenvalue weighted by molar-refractivity contribution is 7.92. The summed E-state index contributed by atoms with van der Waals surface area (Å²) in [5.41, 5.74) is 3.05. The van der Waals surface area contributed by atoms with Gasteiger partial charge in [0.05, 0.1) is 10.6 Å². The summed E-state index contributed by atoms with van der Waals surface area (Å²) in [6.07, 6.45) is 1.98. The van der Waals surface area contributed by atoms with Gasteiger partial charge in [0.15, 0.2) is 0 Å². The van der Waals surface area contributed by atoms with Crippen LogP contribution in [0.2, 0.25) is 5.02 Å². The van der Waals surface area contributed by atoms with Gasteiger partial charge in [-0.2, -0.15) is 0 Å². The molecule has 0 saturated heterocycles. The number of nitrogens with zero attached hydrogens (tertiary/aromatic N) is 2. The first-order chi connectivity index (χ1) is 21.2. The number of carbonyl (C=O) groups is 2. The second-order valence-electron chi connectivity index (χ2n) is 10.6. The van der Waals surface area contributed by atoms with E-state index in [1.165, 1.54) is 29.2 Å². The molecule has 1 N–H and O–H groups in total. The summed E-state index contributed by atoms with van der Waals surface area (Å²) in [6.45, 7) is 4.10. The molecule has 1 unspecified atom stereocenters. The Hall–Kier alpha value is -4.14. The molecule has 0 bridgehead atoms. The van der Waals surface area contributed by atoms with Crippen LogP contribution in [0.4, 0.5) is 5.69 Å². The van der Waals surface area contributed by atoms with E-state index in [1.807, 2.05) is 68.4 Å². The van der Waals surface area contributed by atoms with Gasteiger partial charge in [0.1, 0.15) is 12.6 Å². The van der Waals surface area contributed by atoms with Crippen LogP contribution in [0, 0.1) is 6.92 Å². The average molecular weight is 632 g/mol. The highest BCUT2D eigenvalue weighted by Crippen LogP contribution is 2.26. The molecule has 4 aromatic carbocycles. The molecule has 0 aliphatic heterocycles. The number of carbonyl (C=O) groups excluding carboxylic acids is 2. The highest BCUT2D eigenvalue weighted by Gasteiger charge is 2.34. The van der Waals surface area contributed by atoms with Gasteiger partial charge in [0, 0.05) is 24.5 Å². The lowest BCUT2D eigenvalue weighted by atomic mass is 10.0. The Morgan fingerprint density at radius 2 is 1.45 bits per heavy atom. The Labute approximate surface area is 265 Å². The van der Waals surface area contributed by atoms with Crippen molar-refractivity contribution in [2.24, 2.45) is 0 Å². The fraction of sp³-hybridized carbons (Fsp3) is 0.257. The number of anilines is 1. The van der Waals surface area contributed by atoms with E-state index in [0.29, 0.717) is 17.3 Å². The number of rotatable bonds is 14. The number of para-hydroxylation sites is 1. The minimum Gasteiger partial charge on any atom is -0.354 e. The second kappa shape index (κ2) is 15.5. The normalized spacial score (nSPS) is 11.9. The molecule has 0 aliphatic carbocycles. The molecule has 4 aromatic rings. The monoisotopic (exact) mass is 631 g/mol. The van der Waals surface area contributed by atoms with Crippen LogP contribution in [0.25, 0.3) is 0 Å². The molecule has 44 heavy (non-hydrogen) atoms. The third-order valence-electron chi connectivity index (χ3n) is 7.43. The lowest BCUT2D eigenvalue weighted by Crippen LogP contribution is -2.53. The minimum absolute atomic E-state index is 0.00199. The van der Waals surface area contributed by atoms with Crippen LogP contribution in [-0.2, 0) is 32.6 Å². The van der Waals surface area contributed by atoms with Crippen LogP contribution in [0.1, 0.15) is 36.5 Å². The first-order valence-corrected chi connectivity index (χ1v) is 16.5. The van der Waals surface area contributed by atoms with Gasteiger partial charge in [-0.25, -0.2) is 8.42 Å². The molecule has 4 rings (SSSR count). The van der Waals surface area contributed by atoms with E-state index < -0.39 is 28.5 Å². The van der Waals surface area contributed by atoms with Crippen molar-refractivity contribution < 1.29 is 18.0 Å². The first-order valence-electron chi connectivity index (χ1n) is 14.7. The zero-order valence-corrected chi connectivity index (χ0v) is 26.6. The van der Waals surface area contributed by atoms with Gasteiger partial charge in [-0.15, -0.1) is 0 Å². The van der Waals surface area contributed by atoms with Crippen molar-refractivity contribution in [3.63, 3.8) is 0 Å². The molecule has 0 saturated carbocycles. The molecule has 7 nitrogen and oxygen atoms in total. The number of hydrogen-bond acceptors (Lipinski definition) is 4. The first kappa shape index (κ1) is 32.8. The summed E-state index contributed by atoms with van der Waals surface area (Å²) in [6, 6.07) is 30.7. The van der Waals surface area contributed by atoms with Crippen molar-refractivity contribution in [2.45, 2.75) is 50.6 Å². The van der Waals surface area contributed by atoms with Crippen molar-refractivity contribution in [1.82, 2.24) is 10.2 Å². The summed E-state index contributed by atoms with van der Waals surface area (Å²) < 4.78 is 29.1. The molecule has 0 aliphatic rings. The molecule has 0 aromatic heterocycles. The van der Waals surface area contributed by atoms with Crippen LogP contribution in [-0.4, -0.2) is 44.3 Å². The third kappa shape index (κ3) is 8.49. The van der Waals surface area contributed by atoms with Crippen LogP contribution < -0.4 is 9.62 Å². The molecule has 0 spiro atoms. The Bertz CT molecular complexity index is 1630. The van der Waals surface area contributed by atoms with E-state index in [0.717, 1.165) is 33.8 Å². The zero-order valence-electron chi connectivity index (χ0n) is 25.0. The van der Waals surface area contributed by atoms with Crippen molar-refractivity contribution in [1.29, 1.82) is 0 Å². The molecule has 2 amide bonds. The summed E-state index contributed by atoms with van der Waals surface area (Å²) in [5, 5.41) is 3.41. The number of aryl methyl sites for hydroxylation is 1. The SMILES string of the molecule is CCCCNC(=O)C(Cc1ccccc1)N(Cc1ccccc1C)C(=O)CN(c1ccccc1)S(=O)(=O)c1ccc(Cl)cc1. The van der Waals surface area contributed by atoms with E-state index in [-0.39, 0.29) is 23.8 Å². The molecule has 230 valence electrons. The maximum atomic E-state index is 14.5. The molecule has 0 heterocycles. The van der Waals surface area contributed by atoms with Crippen LogP contribution >= 0.6 is 11.6 Å². The minimum atomic E-state index is -4.18. The maximum Gasteiger partial charge on any atom is 0.264 e. The van der Waals surface area contributed by atoms with Gasteiger partial charge >= 0.3 is 0 Å². The maximum absolute atomic E-state index is 14.5. The summed E-state index contributed by atoms with van der Waals surface area (Å²) >= 11 is 6.04. The number of halogens is 1. The van der Waals surface area contributed by atoms with Gasteiger partial charge in [-0.05, 0) is 66.4 Å². The number of amides is 2. The predicted molar refractivity (Wildman–Crippen MR) is 176 cm³/mol. The lowest BCUT2D eigenvalue weighted by molar-refractivity contribution is -0.140. The smallest absolute Gasteiger partial charge is 0.264 e. The fourth-order valence-electron chi connectivity index (χ4n) is 4.89. The van der Waals surface area contributed by atoms with E-state index in [1.54, 1.807) is 30.3 Å². The Kier molecular flexibility index (Phi) is 11.6. The molecular weight excluding hydrogens is 594 g/mol. The Morgan fingerprint density at radius 1 is 0.841 bits per heavy atom. The van der Waals surface area contributed by atoms with Gasteiger partial charge < -0.3 is 10.2 Å². The molecule has 1 atom stereocenters. The van der Waals surface area contributed by atoms with Crippen LogP contribution in [0.15, 0.2) is 114 Å². The highest BCUT2D eigenvalue weighted by atomic mass is 35.5. The van der Waals surface area contributed by atoms with E-state index >= 15 is 0 Å². The van der Waals surface area contributed by atoms with Crippen molar-refractivity contribution in [2.75, 3.05) is 17.4 Å². The lowest BCUT2D eigenvalue weighted by Gasteiger charge is -2.34. The molecule has 0 radical (unpaired) electrons. The standard InChI is InChI=1S/C35H38ClN3O4S/c1-3-4-23-37-35(41)33(24-28-14-7-5-8-15-28)38(25-29-16-12-11-13-27(29)2)34(40)26-39(31-17-9-6-10-18-31)44(42,43)32-21-19-30(36)20-22-32/h5-22,33H,3-4,23-26H2,1-2H3,(H,37,41).